The van der Waals surface area contributed by atoms with Crippen molar-refractivity contribution in [2.75, 3.05) is 7.05 Å². The maximum atomic E-state index is 11.1. The first-order valence-corrected chi connectivity index (χ1v) is 5.03. The van der Waals surface area contributed by atoms with Gasteiger partial charge in [-0.15, -0.1) is 0 Å². The van der Waals surface area contributed by atoms with Crippen LogP contribution in [0.4, 0.5) is 0 Å². The van der Waals surface area contributed by atoms with Gasteiger partial charge < -0.3 is 0 Å². The standard InChI is InChI=1S/C7H8BrNOS/c1-9-11(10)7-4-2-6(8)3-5-7/h2-5,9H,1H3. The van der Waals surface area contributed by atoms with Gasteiger partial charge in [0.15, 0.2) is 0 Å². The second kappa shape index (κ2) is 3.99. The van der Waals surface area contributed by atoms with Crippen LogP contribution in [0, 0.1) is 0 Å². The summed E-state index contributed by atoms with van der Waals surface area (Å²) < 4.78 is 14.8. The number of halogens is 1. The van der Waals surface area contributed by atoms with Gasteiger partial charge >= 0.3 is 0 Å². The van der Waals surface area contributed by atoms with Crippen molar-refractivity contribution in [3.05, 3.63) is 28.7 Å². The Hall–Kier alpha value is -0.190. The second-order valence-electron chi connectivity index (χ2n) is 1.93. The summed E-state index contributed by atoms with van der Waals surface area (Å²) in [6.07, 6.45) is 0. The molecule has 0 spiro atoms. The van der Waals surface area contributed by atoms with Crippen molar-refractivity contribution in [2.45, 2.75) is 4.90 Å². The Morgan fingerprint density at radius 1 is 1.36 bits per heavy atom. The highest BCUT2D eigenvalue weighted by Gasteiger charge is 1.98. The summed E-state index contributed by atoms with van der Waals surface area (Å²) in [5, 5.41) is 0. The Morgan fingerprint density at radius 3 is 2.36 bits per heavy atom. The number of hydrogen-bond acceptors (Lipinski definition) is 1. The van der Waals surface area contributed by atoms with Gasteiger partial charge in [0.1, 0.15) is 11.0 Å². The Labute approximate surface area is 76.7 Å². The van der Waals surface area contributed by atoms with Gasteiger partial charge in [0, 0.05) is 4.47 Å². The normalized spacial score (nSPS) is 12.9. The van der Waals surface area contributed by atoms with Crippen molar-refractivity contribution >= 4 is 26.9 Å². The van der Waals surface area contributed by atoms with Crippen LogP contribution >= 0.6 is 15.9 Å². The fourth-order valence-corrected chi connectivity index (χ4v) is 1.56. The molecule has 0 aliphatic heterocycles. The first-order valence-electron chi connectivity index (χ1n) is 3.09. The topological polar surface area (TPSA) is 29.1 Å². The molecule has 0 aliphatic rings. The molecule has 1 N–H and O–H groups in total. The fourth-order valence-electron chi connectivity index (χ4n) is 0.676. The van der Waals surface area contributed by atoms with Crippen LogP contribution in [0.15, 0.2) is 33.6 Å². The summed E-state index contributed by atoms with van der Waals surface area (Å²) in [5.41, 5.74) is 0. The van der Waals surface area contributed by atoms with Gasteiger partial charge in [-0.2, -0.15) is 0 Å². The molecule has 1 unspecified atom stereocenters. The van der Waals surface area contributed by atoms with Crippen molar-refractivity contribution in [1.82, 2.24) is 4.72 Å². The molecule has 60 valence electrons. The van der Waals surface area contributed by atoms with E-state index in [-0.39, 0.29) is 0 Å². The van der Waals surface area contributed by atoms with Gasteiger partial charge in [-0.1, -0.05) is 15.9 Å². The van der Waals surface area contributed by atoms with Crippen LogP contribution in [0.3, 0.4) is 0 Å². The number of hydrogen-bond donors (Lipinski definition) is 1. The monoisotopic (exact) mass is 233 g/mol. The Kier molecular flexibility index (Phi) is 3.23. The van der Waals surface area contributed by atoms with Crippen molar-refractivity contribution in [1.29, 1.82) is 0 Å². The first-order chi connectivity index (χ1) is 5.24. The molecular weight excluding hydrogens is 226 g/mol. The van der Waals surface area contributed by atoms with Crippen LogP contribution in [0.2, 0.25) is 0 Å². The van der Waals surface area contributed by atoms with Crippen LogP contribution in [-0.2, 0) is 11.0 Å². The predicted octanol–water partition coefficient (Wildman–Crippen LogP) is 1.69. The van der Waals surface area contributed by atoms with Gasteiger partial charge in [-0.05, 0) is 31.3 Å². The Bertz CT molecular complexity index is 260. The molecule has 0 saturated heterocycles. The quantitative estimate of drug-likeness (QED) is 0.828. The molecule has 11 heavy (non-hydrogen) atoms. The predicted molar refractivity (Wildman–Crippen MR) is 49.6 cm³/mol. The molecule has 0 saturated carbocycles. The van der Waals surface area contributed by atoms with Crippen molar-refractivity contribution < 1.29 is 4.21 Å². The van der Waals surface area contributed by atoms with E-state index in [1.807, 2.05) is 24.3 Å². The summed E-state index contributed by atoms with van der Waals surface area (Å²) in [5.74, 6) is 0. The van der Waals surface area contributed by atoms with E-state index in [9.17, 15) is 4.21 Å². The third-order valence-electron chi connectivity index (χ3n) is 1.21. The lowest BCUT2D eigenvalue weighted by Crippen LogP contribution is -2.09. The minimum Gasteiger partial charge on any atom is -0.238 e. The smallest absolute Gasteiger partial charge is 0.124 e. The molecule has 0 radical (unpaired) electrons. The molecular formula is C7H8BrNOS. The van der Waals surface area contributed by atoms with Crippen molar-refractivity contribution in [3.63, 3.8) is 0 Å². The second-order valence-corrected chi connectivity index (χ2v) is 4.26. The zero-order chi connectivity index (χ0) is 8.27. The number of rotatable bonds is 2. The number of nitrogens with one attached hydrogen (secondary N) is 1. The first kappa shape index (κ1) is 8.90. The summed E-state index contributed by atoms with van der Waals surface area (Å²) >= 11 is 3.30. The van der Waals surface area contributed by atoms with E-state index in [0.717, 1.165) is 9.37 Å². The maximum Gasteiger partial charge on any atom is 0.124 e. The van der Waals surface area contributed by atoms with Crippen LogP contribution in [0.25, 0.3) is 0 Å². The summed E-state index contributed by atoms with van der Waals surface area (Å²) in [6, 6.07) is 7.36. The molecule has 1 aromatic rings. The minimum atomic E-state index is -1.07. The summed E-state index contributed by atoms with van der Waals surface area (Å²) in [6.45, 7) is 0. The van der Waals surface area contributed by atoms with Crippen molar-refractivity contribution in [3.8, 4) is 0 Å². The molecule has 4 heteroatoms. The largest absolute Gasteiger partial charge is 0.238 e. The molecule has 0 amide bonds. The minimum absolute atomic E-state index is 0.788. The molecule has 0 fully saturated rings. The van der Waals surface area contributed by atoms with Crippen molar-refractivity contribution in [2.24, 2.45) is 0 Å². The van der Waals surface area contributed by atoms with E-state index in [2.05, 4.69) is 20.7 Å². The zero-order valence-corrected chi connectivity index (χ0v) is 8.41. The molecule has 0 bridgehead atoms. The van der Waals surface area contributed by atoms with Gasteiger partial charge in [0.05, 0.1) is 4.90 Å². The SMILES string of the molecule is CNS(=O)c1ccc(Br)cc1. The Morgan fingerprint density at radius 2 is 1.91 bits per heavy atom. The van der Waals surface area contributed by atoms with Gasteiger partial charge in [0.2, 0.25) is 0 Å². The molecule has 1 aromatic carbocycles. The highest BCUT2D eigenvalue weighted by atomic mass is 79.9. The van der Waals surface area contributed by atoms with Gasteiger partial charge in [-0.25, -0.2) is 8.93 Å². The van der Waals surface area contributed by atoms with Crippen LogP contribution in [0.5, 0.6) is 0 Å². The molecule has 2 nitrogen and oxygen atoms in total. The highest BCUT2D eigenvalue weighted by Crippen LogP contribution is 2.11. The van der Waals surface area contributed by atoms with Gasteiger partial charge in [-0.3, -0.25) is 0 Å². The average Bonchev–Trinajstić information content (AvgIpc) is 2.05. The Balaban J connectivity index is 2.90. The van der Waals surface area contributed by atoms with Crippen LogP contribution < -0.4 is 4.72 Å². The molecule has 1 atom stereocenters. The van der Waals surface area contributed by atoms with E-state index in [1.165, 1.54) is 0 Å². The van der Waals surface area contributed by atoms with E-state index in [1.54, 1.807) is 7.05 Å². The summed E-state index contributed by atoms with van der Waals surface area (Å²) in [7, 11) is 0.595. The third-order valence-corrected chi connectivity index (χ3v) is 2.81. The lowest BCUT2D eigenvalue weighted by Gasteiger charge is -1.98. The number of benzene rings is 1. The molecule has 1 rings (SSSR count). The summed E-state index contributed by atoms with van der Waals surface area (Å²) in [4.78, 5) is 0.788. The van der Waals surface area contributed by atoms with Gasteiger partial charge in [0.25, 0.3) is 0 Å². The fraction of sp³-hybridized carbons (Fsp3) is 0.143. The molecule has 0 aromatic heterocycles. The maximum absolute atomic E-state index is 11.1. The molecule has 0 heterocycles. The van der Waals surface area contributed by atoms with E-state index < -0.39 is 11.0 Å². The van der Waals surface area contributed by atoms with E-state index in [4.69, 9.17) is 0 Å². The third kappa shape index (κ3) is 2.39. The lowest BCUT2D eigenvalue weighted by molar-refractivity contribution is 0.678. The highest BCUT2D eigenvalue weighted by molar-refractivity contribution is 9.10. The molecule has 0 aliphatic carbocycles. The zero-order valence-electron chi connectivity index (χ0n) is 6.00. The van der Waals surface area contributed by atoms with E-state index >= 15 is 0 Å². The average molecular weight is 234 g/mol. The van der Waals surface area contributed by atoms with Crippen LogP contribution in [0.1, 0.15) is 0 Å². The van der Waals surface area contributed by atoms with E-state index in [0.29, 0.717) is 0 Å². The van der Waals surface area contributed by atoms with Crippen LogP contribution in [-0.4, -0.2) is 11.3 Å². The lowest BCUT2D eigenvalue weighted by atomic mass is 10.4.